The molecule has 0 spiro atoms. The van der Waals surface area contributed by atoms with Crippen LogP contribution in [0.15, 0.2) is 6.20 Å². The summed E-state index contributed by atoms with van der Waals surface area (Å²) in [6.45, 7) is 3.34. The molecule has 1 amide bonds. The standard InChI is InChI=1S/C13H20ClN5O5/c1-13(22,8-18-6-10(19(23)24)16-11(18)14)7-17-4-2-9(3-5-17)15-12(20)21/h6,9,15,22H,2-5,7-8H2,1H3,(H,20,21)/t13-/m0/s1. The Morgan fingerprint density at radius 2 is 2.17 bits per heavy atom. The van der Waals surface area contributed by atoms with Gasteiger partial charge in [-0.05, 0) is 41.3 Å². The zero-order valence-electron chi connectivity index (χ0n) is 13.2. The quantitative estimate of drug-likeness (QED) is 0.506. The van der Waals surface area contributed by atoms with Crippen molar-refractivity contribution in [1.82, 2.24) is 19.8 Å². The number of imidazole rings is 1. The third-order valence-corrected chi connectivity index (χ3v) is 4.19. The second-order valence-corrected chi connectivity index (χ2v) is 6.59. The second-order valence-electron chi connectivity index (χ2n) is 6.25. The van der Waals surface area contributed by atoms with E-state index in [1.165, 1.54) is 10.8 Å². The first-order valence-corrected chi connectivity index (χ1v) is 7.85. The molecule has 0 unspecified atom stereocenters. The Bertz CT molecular complexity index is 612. The number of aromatic nitrogens is 2. The fraction of sp³-hybridized carbons (Fsp3) is 0.692. The molecule has 1 atom stereocenters. The van der Waals surface area contributed by atoms with Gasteiger partial charge in [-0.2, -0.15) is 0 Å². The predicted octanol–water partition coefficient (Wildman–Crippen LogP) is 0.928. The first kappa shape index (κ1) is 18.4. The van der Waals surface area contributed by atoms with Crippen LogP contribution in [0.2, 0.25) is 5.28 Å². The van der Waals surface area contributed by atoms with Gasteiger partial charge in [0.15, 0.2) is 0 Å². The highest BCUT2D eigenvalue weighted by molar-refractivity contribution is 6.28. The maximum Gasteiger partial charge on any atom is 0.404 e. The number of piperidine rings is 1. The first-order chi connectivity index (χ1) is 11.2. The van der Waals surface area contributed by atoms with Crippen molar-refractivity contribution in [3.8, 4) is 0 Å². The summed E-state index contributed by atoms with van der Waals surface area (Å²) in [5, 5.41) is 32.4. The average molecular weight is 362 g/mol. The van der Waals surface area contributed by atoms with Gasteiger partial charge in [-0.15, -0.1) is 0 Å². The molecule has 2 heterocycles. The summed E-state index contributed by atoms with van der Waals surface area (Å²) >= 11 is 5.86. The molecular weight excluding hydrogens is 342 g/mol. The van der Waals surface area contributed by atoms with E-state index in [9.17, 15) is 20.0 Å². The number of rotatable bonds is 6. The van der Waals surface area contributed by atoms with Crippen molar-refractivity contribution in [2.45, 2.75) is 38.0 Å². The Hall–Kier alpha value is -1.91. The lowest BCUT2D eigenvalue weighted by Gasteiger charge is -2.36. The van der Waals surface area contributed by atoms with Gasteiger partial charge < -0.3 is 30.5 Å². The van der Waals surface area contributed by atoms with E-state index in [0.29, 0.717) is 32.5 Å². The third kappa shape index (κ3) is 5.05. The van der Waals surface area contributed by atoms with Gasteiger partial charge in [-0.3, -0.25) is 4.57 Å². The van der Waals surface area contributed by atoms with Crippen LogP contribution in [0.4, 0.5) is 10.6 Å². The number of hydrogen-bond donors (Lipinski definition) is 3. The number of carboxylic acid groups (broad SMARTS) is 1. The van der Waals surface area contributed by atoms with E-state index in [4.69, 9.17) is 16.7 Å². The molecule has 0 saturated carbocycles. The maximum absolute atomic E-state index is 10.7. The molecular formula is C13H20ClN5O5. The van der Waals surface area contributed by atoms with E-state index in [1.54, 1.807) is 6.92 Å². The number of β-amino-alcohol motifs (C(OH)–C–C–N with tert-alkyl or cyclic N) is 1. The largest absolute Gasteiger partial charge is 0.465 e. The lowest BCUT2D eigenvalue weighted by Crippen LogP contribution is -2.50. The van der Waals surface area contributed by atoms with Crippen molar-refractivity contribution < 1.29 is 19.9 Å². The molecule has 0 aromatic carbocycles. The monoisotopic (exact) mass is 361 g/mol. The lowest BCUT2D eigenvalue weighted by atomic mass is 10.0. The van der Waals surface area contributed by atoms with Gasteiger partial charge in [0.2, 0.25) is 0 Å². The van der Waals surface area contributed by atoms with Crippen molar-refractivity contribution in [3.05, 3.63) is 21.6 Å². The van der Waals surface area contributed by atoms with Crippen LogP contribution in [-0.4, -0.2) is 67.0 Å². The first-order valence-electron chi connectivity index (χ1n) is 7.47. The van der Waals surface area contributed by atoms with E-state index in [1.807, 2.05) is 4.90 Å². The molecule has 0 bridgehead atoms. The highest BCUT2D eigenvalue weighted by Crippen LogP contribution is 2.21. The average Bonchev–Trinajstić information content (AvgIpc) is 2.81. The summed E-state index contributed by atoms with van der Waals surface area (Å²) in [5.74, 6) is -0.364. The summed E-state index contributed by atoms with van der Waals surface area (Å²) in [6, 6.07) is -0.0746. The molecule has 1 fully saturated rings. The fourth-order valence-corrected chi connectivity index (χ4v) is 3.08. The van der Waals surface area contributed by atoms with E-state index >= 15 is 0 Å². The Kier molecular flexibility index (Phi) is 5.62. The molecule has 1 aliphatic rings. The smallest absolute Gasteiger partial charge is 0.404 e. The topological polar surface area (TPSA) is 134 Å². The summed E-state index contributed by atoms with van der Waals surface area (Å²) in [4.78, 5) is 26.3. The van der Waals surface area contributed by atoms with Gasteiger partial charge in [0.25, 0.3) is 0 Å². The minimum atomic E-state index is -1.16. The zero-order chi connectivity index (χ0) is 17.9. The number of nitrogens with one attached hydrogen (secondary N) is 1. The molecule has 24 heavy (non-hydrogen) atoms. The number of hydrogen-bond acceptors (Lipinski definition) is 6. The number of nitro groups is 1. The summed E-state index contributed by atoms with van der Waals surface area (Å²) in [5.41, 5.74) is -1.16. The number of amides is 1. The number of likely N-dealkylation sites (tertiary alicyclic amines) is 1. The highest BCUT2D eigenvalue weighted by atomic mass is 35.5. The van der Waals surface area contributed by atoms with Gasteiger partial charge in [0, 0.05) is 25.7 Å². The van der Waals surface area contributed by atoms with Crippen LogP contribution in [0.1, 0.15) is 19.8 Å². The fourth-order valence-electron chi connectivity index (χ4n) is 2.89. The van der Waals surface area contributed by atoms with Crippen molar-refractivity contribution >= 4 is 23.5 Å². The Balaban J connectivity index is 1.90. The molecule has 2 rings (SSSR count). The van der Waals surface area contributed by atoms with Crippen molar-refractivity contribution in [1.29, 1.82) is 0 Å². The Morgan fingerprint density at radius 3 is 2.67 bits per heavy atom. The molecule has 3 N–H and O–H groups in total. The molecule has 134 valence electrons. The van der Waals surface area contributed by atoms with Gasteiger partial charge in [0.05, 0.1) is 12.1 Å². The van der Waals surface area contributed by atoms with Crippen LogP contribution < -0.4 is 5.32 Å². The van der Waals surface area contributed by atoms with Crippen LogP contribution in [0.3, 0.4) is 0 Å². The Morgan fingerprint density at radius 1 is 1.54 bits per heavy atom. The number of halogens is 1. The minimum Gasteiger partial charge on any atom is -0.465 e. The summed E-state index contributed by atoms with van der Waals surface area (Å²) in [6.07, 6.45) is 1.50. The van der Waals surface area contributed by atoms with Gasteiger partial charge in [-0.1, -0.05) is 0 Å². The van der Waals surface area contributed by atoms with Gasteiger partial charge >= 0.3 is 17.2 Å². The third-order valence-electron chi connectivity index (χ3n) is 3.89. The van der Waals surface area contributed by atoms with E-state index < -0.39 is 16.6 Å². The molecule has 11 heteroatoms. The molecule has 10 nitrogen and oxygen atoms in total. The molecule has 1 aromatic heterocycles. The number of carbonyl (C=O) groups is 1. The normalized spacial score (nSPS) is 19.0. The molecule has 0 radical (unpaired) electrons. The molecule has 1 saturated heterocycles. The van der Waals surface area contributed by atoms with Crippen molar-refractivity contribution in [2.75, 3.05) is 19.6 Å². The van der Waals surface area contributed by atoms with Gasteiger partial charge in [0.1, 0.15) is 6.20 Å². The zero-order valence-corrected chi connectivity index (χ0v) is 13.9. The van der Waals surface area contributed by atoms with Crippen LogP contribution in [0.25, 0.3) is 0 Å². The Labute approximate surface area is 143 Å². The molecule has 1 aromatic rings. The summed E-state index contributed by atoms with van der Waals surface area (Å²) < 4.78 is 1.35. The van der Waals surface area contributed by atoms with E-state index in [-0.39, 0.29) is 23.7 Å². The van der Waals surface area contributed by atoms with Crippen LogP contribution in [0, 0.1) is 10.1 Å². The van der Waals surface area contributed by atoms with Crippen molar-refractivity contribution in [3.63, 3.8) is 0 Å². The number of aliphatic hydroxyl groups is 1. The maximum atomic E-state index is 10.7. The SMILES string of the molecule is C[C@](O)(CN1CCC(NC(=O)O)CC1)Cn1cc([N+](=O)[O-])nc1Cl. The van der Waals surface area contributed by atoms with E-state index in [2.05, 4.69) is 10.3 Å². The van der Waals surface area contributed by atoms with Gasteiger partial charge in [-0.25, -0.2) is 4.79 Å². The summed E-state index contributed by atoms with van der Waals surface area (Å²) in [7, 11) is 0. The molecule has 0 aliphatic carbocycles. The van der Waals surface area contributed by atoms with Crippen LogP contribution in [-0.2, 0) is 6.54 Å². The lowest BCUT2D eigenvalue weighted by molar-refractivity contribution is -0.389. The number of nitrogens with zero attached hydrogens (tertiary/aromatic N) is 4. The highest BCUT2D eigenvalue weighted by Gasteiger charge is 2.30. The second kappa shape index (κ2) is 7.32. The molecule has 1 aliphatic heterocycles. The van der Waals surface area contributed by atoms with Crippen molar-refractivity contribution in [2.24, 2.45) is 0 Å². The van der Waals surface area contributed by atoms with Crippen LogP contribution in [0.5, 0.6) is 0 Å². The van der Waals surface area contributed by atoms with E-state index in [0.717, 1.165) is 0 Å². The van der Waals surface area contributed by atoms with Crippen LogP contribution >= 0.6 is 11.6 Å². The minimum absolute atomic E-state index is 0.0497. The predicted molar refractivity (Wildman–Crippen MR) is 85.1 cm³/mol.